The SMILES string of the molecule is Cc1cc(N2CC(C(=O)NCCCN3CCOCC3)CC2=O)ccc1Br. The summed E-state index contributed by atoms with van der Waals surface area (Å²) in [5, 5.41) is 2.99. The van der Waals surface area contributed by atoms with Gasteiger partial charge in [-0.2, -0.15) is 0 Å². The molecule has 3 rings (SSSR count). The molecule has 1 aromatic carbocycles. The molecule has 0 radical (unpaired) electrons. The lowest BCUT2D eigenvalue weighted by molar-refractivity contribution is -0.126. The molecule has 0 saturated carbocycles. The van der Waals surface area contributed by atoms with E-state index in [1.54, 1.807) is 4.90 Å². The minimum Gasteiger partial charge on any atom is -0.379 e. The molecule has 2 amide bonds. The molecule has 2 heterocycles. The van der Waals surface area contributed by atoms with E-state index in [9.17, 15) is 9.59 Å². The number of amides is 2. The fraction of sp³-hybridized carbons (Fsp3) is 0.579. The van der Waals surface area contributed by atoms with E-state index in [2.05, 4.69) is 26.1 Å². The van der Waals surface area contributed by atoms with Gasteiger partial charge in [0, 0.05) is 42.8 Å². The number of nitrogens with zero attached hydrogens (tertiary/aromatic N) is 2. The van der Waals surface area contributed by atoms with E-state index in [0.29, 0.717) is 13.1 Å². The number of carbonyl (C=O) groups excluding carboxylic acids is 2. The molecular weight excluding hydrogens is 398 g/mol. The van der Waals surface area contributed by atoms with E-state index in [4.69, 9.17) is 4.74 Å². The van der Waals surface area contributed by atoms with Crippen molar-refractivity contribution in [1.82, 2.24) is 10.2 Å². The molecule has 1 N–H and O–H groups in total. The van der Waals surface area contributed by atoms with Crippen LogP contribution in [0.15, 0.2) is 22.7 Å². The van der Waals surface area contributed by atoms with Gasteiger partial charge in [0.2, 0.25) is 11.8 Å². The van der Waals surface area contributed by atoms with Crippen LogP contribution in [0.1, 0.15) is 18.4 Å². The molecule has 7 heteroatoms. The van der Waals surface area contributed by atoms with Gasteiger partial charge in [-0.05, 0) is 43.7 Å². The fourth-order valence-corrected chi connectivity index (χ4v) is 3.66. The molecule has 0 aliphatic carbocycles. The fourth-order valence-electron chi connectivity index (χ4n) is 3.41. The maximum atomic E-state index is 12.4. The highest BCUT2D eigenvalue weighted by Crippen LogP contribution is 2.28. The van der Waals surface area contributed by atoms with Crippen LogP contribution in [0.3, 0.4) is 0 Å². The molecule has 142 valence electrons. The van der Waals surface area contributed by atoms with E-state index in [-0.39, 0.29) is 24.2 Å². The molecule has 2 aliphatic rings. The summed E-state index contributed by atoms with van der Waals surface area (Å²) < 4.78 is 6.35. The van der Waals surface area contributed by atoms with Crippen molar-refractivity contribution in [1.29, 1.82) is 0 Å². The minimum atomic E-state index is -0.269. The van der Waals surface area contributed by atoms with Crippen LogP contribution < -0.4 is 10.2 Å². The summed E-state index contributed by atoms with van der Waals surface area (Å²) >= 11 is 3.47. The summed E-state index contributed by atoms with van der Waals surface area (Å²) in [6, 6.07) is 5.83. The Kier molecular flexibility index (Phi) is 6.67. The molecule has 2 saturated heterocycles. The maximum Gasteiger partial charge on any atom is 0.227 e. The van der Waals surface area contributed by atoms with Crippen LogP contribution >= 0.6 is 15.9 Å². The zero-order valence-corrected chi connectivity index (χ0v) is 16.8. The molecule has 0 aromatic heterocycles. The quantitative estimate of drug-likeness (QED) is 0.710. The lowest BCUT2D eigenvalue weighted by atomic mass is 10.1. The van der Waals surface area contributed by atoms with Crippen molar-refractivity contribution >= 4 is 33.4 Å². The first-order valence-electron chi connectivity index (χ1n) is 9.19. The largest absolute Gasteiger partial charge is 0.379 e. The normalized spacial score (nSPS) is 21.2. The molecule has 26 heavy (non-hydrogen) atoms. The van der Waals surface area contributed by atoms with E-state index >= 15 is 0 Å². The van der Waals surface area contributed by atoms with Gasteiger partial charge >= 0.3 is 0 Å². The standard InChI is InChI=1S/C19H26BrN3O3/c1-14-11-16(3-4-17(14)20)23-13-15(12-18(23)24)19(25)21-5-2-6-22-7-9-26-10-8-22/h3-4,11,15H,2,5-10,12-13H2,1H3,(H,21,25). The van der Waals surface area contributed by atoms with Crippen molar-refractivity contribution in [3.05, 3.63) is 28.2 Å². The van der Waals surface area contributed by atoms with E-state index < -0.39 is 0 Å². The van der Waals surface area contributed by atoms with Crippen molar-refractivity contribution in [2.24, 2.45) is 5.92 Å². The number of hydrogen-bond acceptors (Lipinski definition) is 4. The number of benzene rings is 1. The maximum absolute atomic E-state index is 12.4. The predicted molar refractivity (Wildman–Crippen MR) is 104 cm³/mol. The van der Waals surface area contributed by atoms with Gasteiger partial charge < -0.3 is 15.0 Å². The van der Waals surface area contributed by atoms with Crippen LogP contribution in [0.25, 0.3) is 0 Å². The van der Waals surface area contributed by atoms with Gasteiger partial charge in [-0.15, -0.1) is 0 Å². The average molecular weight is 424 g/mol. The number of ether oxygens (including phenoxy) is 1. The Morgan fingerprint density at radius 2 is 2.12 bits per heavy atom. The Morgan fingerprint density at radius 1 is 1.35 bits per heavy atom. The number of morpholine rings is 1. The lowest BCUT2D eigenvalue weighted by Gasteiger charge is -2.26. The number of rotatable bonds is 6. The Bertz CT molecular complexity index is 661. The van der Waals surface area contributed by atoms with Crippen molar-refractivity contribution < 1.29 is 14.3 Å². The van der Waals surface area contributed by atoms with E-state index in [0.717, 1.165) is 55.0 Å². The smallest absolute Gasteiger partial charge is 0.227 e. The van der Waals surface area contributed by atoms with Crippen LogP contribution in [-0.4, -0.2) is 62.7 Å². The van der Waals surface area contributed by atoms with E-state index in [1.165, 1.54) is 0 Å². The Morgan fingerprint density at radius 3 is 2.85 bits per heavy atom. The minimum absolute atomic E-state index is 0.0141. The first-order valence-corrected chi connectivity index (χ1v) is 9.98. The first kappa shape index (κ1) is 19.3. The second kappa shape index (κ2) is 8.97. The van der Waals surface area contributed by atoms with Crippen LogP contribution in [0, 0.1) is 12.8 Å². The summed E-state index contributed by atoms with van der Waals surface area (Å²) in [6.07, 6.45) is 1.20. The second-order valence-electron chi connectivity index (χ2n) is 6.94. The molecule has 2 aliphatic heterocycles. The zero-order valence-electron chi connectivity index (χ0n) is 15.2. The molecular formula is C19H26BrN3O3. The highest BCUT2D eigenvalue weighted by atomic mass is 79.9. The molecule has 6 nitrogen and oxygen atoms in total. The number of hydrogen-bond donors (Lipinski definition) is 1. The topological polar surface area (TPSA) is 61.9 Å². The summed E-state index contributed by atoms with van der Waals surface area (Å²) in [4.78, 5) is 28.8. The average Bonchev–Trinajstić information content (AvgIpc) is 3.04. The third-order valence-electron chi connectivity index (χ3n) is 5.00. The molecule has 1 aromatic rings. The lowest BCUT2D eigenvalue weighted by Crippen LogP contribution is -2.39. The van der Waals surface area contributed by atoms with Crippen LogP contribution in [0.5, 0.6) is 0 Å². The Balaban J connectivity index is 1.45. The molecule has 1 atom stereocenters. The third-order valence-corrected chi connectivity index (χ3v) is 5.89. The Hall–Kier alpha value is -1.44. The van der Waals surface area contributed by atoms with Gasteiger partial charge in [0.25, 0.3) is 0 Å². The monoisotopic (exact) mass is 423 g/mol. The number of nitrogens with one attached hydrogen (secondary N) is 1. The summed E-state index contributed by atoms with van der Waals surface area (Å²) in [5.74, 6) is -0.272. The number of carbonyl (C=O) groups is 2. The Labute approximate surface area is 163 Å². The van der Waals surface area contributed by atoms with Crippen molar-refractivity contribution in [2.45, 2.75) is 19.8 Å². The summed E-state index contributed by atoms with van der Waals surface area (Å²) in [7, 11) is 0. The molecule has 0 spiro atoms. The van der Waals surface area contributed by atoms with Gasteiger partial charge in [-0.3, -0.25) is 14.5 Å². The molecule has 2 fully saturated rings. The van der Waals surface area contributed by atoms with Crippen LogP contribution in [0.2, 0.25) is 0 Å². The van der Waals surface area contributed by atoms with Gasteiger partial charge in [0.15, 0.2) is 0 Å². The van der Waals surface area contributed by atoms with Crippen LogP contribution in [0.4, 0.5) is 5.69 Å². The van der Waals surface area contributed by atoms with Gasteiger partial charge in [0.1, 0.15) is 0 Å². The van der Waals surface area contributed by atoms with Crippen molar-refractivity contribution in [3.63, 3.8) is 0 Å². The predicted octanol–water partition coefficient (Wildman–Crippen LogP) is 1.95. The highest BCUT2D eigenvalue weighted by Gasteiger charge is 2.35. The van der Waals surface area contributed by atoms with Crippen molar-refractivity contribution in [3.8, 4) is 0 Å². The van der Waals surface area contributed by atoms with Gasteiger partial charge in [-0.1, -0.05) is 15.9 Å². The van der Waals surface area contributed by atoms with E-state index in [1.807, 2.05) is 25.1 Å². The molecule has 1 unspecified atom stereocenters. The van der Waals surface area contributed by atoms with Crippen LogP contribution in [-0.2, 0) is 14.3 Å². The number of aryl methyl sites for hydroxylation is 1. The number of halogens is 1. The van der Waals surface area contributed by atoms with Gasteiger partial charge in [0.05, 0.1) is 19.1 Å². The van der Waals surface area contributed by atoms with Crippen molar-refractivity contribution in [2.75, 3.05) is 50.8 Å². The second-order valence-corrected chi connectivity index (χ2v) is 7.79. The zero-order chi connectivity index (χ0) is 18.5. The highest BCUT2D eigenvalue weighted by molar-refractivity contribution is 9.10. The van der Waals surface area contributed by atoms with Gasteiger partial charge in [-0.25, -0.2) is 0 Å². The molecule has 0 bridgehead atoms. The summed E-state index contributed by atoms with van der Waals surface area (Å²) in [6.45, 7) is 7.58. The number of anilines is 1. The first-order chi connectivity index (χ1) is 12.5. The summed E-state index contributed by atoms with van der Waals surface area (Å²) in [5.41, 5.74) is 1.93. The third kappa shape index (κ3) is 4.84.